The second-order valence-corrected chi connectivity index (χ2v) is 4.24. The lowest BCUT2D eigenvalue weighted by Gasteiger charge is -2.21. The Bertz CT molecular complexity index is 474. The molecule has 0 amide bonds. The van der Waals surface area contributed by atoms with Gasteiger partial charge in [-0.2, -0.15) is 0 Å². The van der Waals surface area contributed by atoms with Crippen molar-refractivity contribution in [3.05, 3.63) is 36.7 Å². The topological polar surface area (TPSA) is 39.9 Å². The smallest absolute Gasteiger partial charge is 0.181 e. The van der Waals surface area contributed by atoms with E-state index in [2.05, 4.69) is 10.1 Å². The first-order chi connectivity index (χ1) is 8.43. The van der Waals surface area contributed by atoms with E-state index in [0.29, 0.717) is 0 Å². The van der Waals surface area contributed by atoms with Crippen molar-refractivity contribution in [2.75, 3.05) is 6.61 Å². The molecule has 1 aromatic carbocycles. The summed E-state index contributed by atoms with van der Waals surface area (Å²) in [6, 6.07) is 10.0. The molecule has 0 radical (unpaired) electrons. The number of nitrogens with zero attached hydrogens (tertiary/aromatic N) is 3. The molecule has 88 valence electrons. The third-order valence-corrected chi connectivity index (χ3v) is 2.99. The number of aromatic nitrogens is 3. The highest BCUT2D eigenvalue weighted by Crippen LogP contribution is 2.22. The van der Waals surface area contributed by atoms with E-state index in [4.69, 9.17) is 4.74 Å². The SMILES string of the molecule is c1ccc(-c2ncn(C3CCCCO3)n2)cc1. The first-order valence-corrected chi connectivity index (χ1v) is 6.02. The van der Waals surface area contributed by atoms with Gasteiger partial charge in [0.25, 0.3) is 0 Å². The van der Waals surface area contributed by atoms with Crippen LogP contribution in [0.1, 0.15) is 25.5 Å². The van der Waals surface area contributed by atoms with Gasteiger partial charge < -0.3 is 4.74 Å². The number of hydrogen-bond donors (Lipinski definition) is 0. The summed E-state index contributed by atoms with van der Waals surface area (Å²) in [6.45, 7) is 0.825. The Kier molecular flexibility index (Phi) is 2.88. The van der Waals surface area contributed by atoms with Crippen molar-refractivity contribution in [3.63, 3.8) is 0 Å². The number of ether oxygens (including phenoxy) is 1. The minimum Gasteiger partial charge on any atom is -0.356 e. The maximum Gasteiger partial charge on any atom is 0.181 e. The van der Waals surface area contributed by atoms with Crippen LogP contribution in [0.3, 0.4) is 0 Å². The molecular weight excluding hydrogens is 214 g/mol. The average Bonchev–Trinajstić information content (AvgIpc) is 2.90. The monoisotopic (exact) mass is 229 g/mol. The number of hydrogen-bond acceptors (Lipinski definition) is 3. The van der Waals surface area contributed by atoms with Crippen molar-refractivity contribution in [2.24, 2.45) is 0 Å². The summed E-state index contributed by atoms with van der Waals surface area (Å²) in [4.78, 5) is 4.33. The zero-order chi connectivity index (χ0) is 11.5. The van der Waals surface area contributed by atoms with Crippen molar-refractivity contribution in [2.45, 2.75) is 25.5 Å². The van der Waals surface area contributed by atoms with E-state index >= 15 is 0 Å². The lowest BCUT2D eigenvalue weighted by Crippen LogP contribution is -2.18. The molecule has 0 aliphatic carbocycles. The largest absolute Gasteiger partial charge is 0.356 e. The van der Waals surface area contributed by atoms with E-state index < -0.39 is 0 Å². The van der Waals surface area contributed by atoms with Gasteiger partial charge in [0, 0.05) is 12.2 Å². The van der Waals surface area contributed by atoms with Crippen LogP contribution in [-0.2, 0) is 4.74 Å². The van der Waals surface area contributed by atoms with Crippen LogP contribution in [0.25, 0.3) is 11.4 Å². The maximum absolute atomic E-state index is 5.67. The fraction of sp³-hybridized carbons (Fsp3) is 0.385. The predicted octanol–water partition coefficient (Wildman–Crippen LogP) is 2.64. The van der Waals surface area contributed by atoms with E-state index in [9.17, 15) is 0 Å². The molecule has 0 saturated carbocycles. The highest BCUT2D eigenvalue weighted by atomic mass is 16.5. The molecule has 0 bridgehead atoms. The van der Waals surface area contributed by atoms with E-state index in [1.165, 1.54) is 6.42 Å². The molecule has 4 heteroatoms. The third kappa shape index (κ3) is 2.22. The fourth-order valence-corrected chi connectivity index (χ4v) is 2.07. The fourth-order valence-electron chi connectivity index (χ4n) is 2.07. The van der Waals surface area contributed by atoms with Crippen LogP contribution < -0.4 is 0 Å². The Hall–Kier alpha value is -1.68. The molecule has 0 spiro atoms. The maximum atomic E-state index is 5.67. The molecular formula is C13H15N3O. The molecule has 1 atom stereocenters. The minimum atomic E-state index is 0.0636. The van der Waals surface area contributed by atoms with Crippen LogP contribution in [0.15, 0.2) is 36.7 Å². The van der Waals surface area contributed by atoms with Crippen LogP contribution >= 0.6 is 0 Å². The molecule has 0 N–H and O–H groups in total. The number of benzene rings is 1. The van der Waals surface area contributed by atoms with Crippen LogP contribution in [0.4, 0.5) is 0 Å². The summed E-state index contributed by atoms with van der Waals surface area (Å²) >= 11 is 0. The van der Waals surface area contributed by atoms with Gasteiger partial charge in [0.1, 0.15) is 6.33 Å². The molecule has 1 fully saturated rings. The van der Waals surface area contributed by atoms with Gasteiger partial charge in [-0.1, -0.05) is 30.3 Å². The second-order valence-electron chi connectivity index (χ2n) is 4.24. The first kappa shape index (κ1) is 10.5. The molecule has 1 aliphatic heterocycles. The zero-order valence-corrected chi connectivity index (χ0v) is 9.62. The van der Waals surface area contributed by atoms with Gasteiger partial charge in [-0.25, -0.2) is 9.67 Å². The minimum absolute atomic E-state index is 0.0636. The van der Waals surface area contributed by atoms with Crippen molar-refractivity contribution in [1.29, 1.82) is 0 Å². The normalized spacial score (nSPS) is 20.4. The summed E-state index contributed by atoms with van der Waals surface area (Å²) in [7, 11) is 0. The summed E-state index contributed by atoms with van der Waals surface area (Å²) in [5, 5.41) is 4.48. The van der Waals surface area contributed by atoms with E-state index in [-0.39, 0.29) is 6.23 Å². The van der Waals surface area contributed by atoms with Gasteiger partial charge in [0.2, 0.25) is 0 Å². The van der Waals surface area contributed by atoms with Crippen molar-refractivity contribution >= 4 is 0 Å². The second kappa shape index (κ2) is 4.67. The van der Waals surface area contributed by atoms with E-state index in [1.54, 1.807) is 6.33 Å². The van der Waals surface area contributed by atoms with Gasteiger partial charge >= 0.3 is 0 Å². The molecule has 1 unspecified atom stereocenters. The van der Waals surface area contributed by atoms with Crippen molar-refractivity contribution in [3.8, 4) is 11.4 Å². The highest BCUT2D eigenvalue weighted by molar-refractivity contribution is 5.53. The summed E-state index contributed by atoms with van der Waals surface area (Å²) in [6.07, 6.45) is 5.20. The Labute approximate surface area is 100 Å². The van der Waals surface area contributed by atoms with E-state index in [1.807, 2.05) is 35.0 Å². The van der Waals surface area contributed by atoms with Crippen LogP contribution in [0.2, 0.25) is 0 Å². The molecule has 2 heterocycles. The Morgan fingerprint density at radius 2 is 2.06 bits per heavy atom. The summed E-state index contributed by atoms with van der Waals surface area (Å²) in [5.41, 5.74) is 1.04. The highest BCUT2D eigenvalue weighted by Gasteiger charge is 2.17. The standard InChI is InChI=1S/C13H15N3O/c1-2-6-11(7-3-1)13-14-10-16(15-13)12-8-4-5-9-17-12/h1-3,6-7,10,12H,4-5,8-9H2. The Balaban J connectivity index is 1.83. The summed E-state index contributed by atoms with van der Waals surface area (Å²) < 4.78 is 7.51. The Morgan fingerprint density at radius 1 is 1.18 bits per heavy atom. The molecule has 1 saturated heterocycles. The lowest BCUT2D eigenvalue weighted by molar-refractivity contribution is -0.0395. The lowest BCUT2D eigenvalue weighted by atomic mass is 10.2. The van der Waals surface area contributed by atoms with Crippen LogP contribution in [0, 0.1) is 0 Å². The first-order valence-electron chi connectivity index (χ1n) is 6.02. The molecule has 1 aromatic heterocycles. The van der Waals surface area contributed by atoms with E-state index in [0.717, 1.165) is 30.8 Å². The van der Waals surface area contributed by atoms with Crippen LogP contribution in [-0.4, -0.2) is 21.4 Å². The Morgan fingerprint density at radius 3 is 2.82 bits per heavy atom. The molecule has 17 heavy (non-hydrogen) atoms. The number of rotatable bonds is 2. The molecule has 1 aliphatic rings. The zero-order valence-electron chi connectivity index (χ0n) is 9.62. The van der Waals surface area contributed by atoms with Crippen molar-refractivity contribution < 1.29 is 4.74 Å². The van der Waals surface area contributed by atoms with Gasteiger partial charge in [0.15, 0.2) is 12.1 Å². The predicted molar refractivity (Wildman–Crippen MR) is 64.3 cm³/mol. The average molecular weight is 229 g/mol. The molecule has 3 rings (SSSR count). The molecule has 4 nitrogen and oxygen atoms in total. The van der Waals surface area contributed by atoms with Gasteiger partial charge in [-0.15, -0.1) is 5.10 Å². The van der Waals surface area contributed by atoms with Gasteiger partial charge in [-0.05, 0) is 19.3 Å². The van der Waals surface area contributed by atoms with Crippen LogP contribution in [0.5, 0.6) is 0 Å². The van der Waals surface area contributed by atoms with Crippen molar-refractivity contribution in [1.82, 2.24) is 14.8 Å². The molecule has 2 aromatic rings. The van der Waals surface area contributed by atoms with Gasteiger partial charge in [-0.3, -0.25) is 0 Å². The third-order valence-electron chi connectivity index (χ3n) is 2.99. The quantitative estimate of drug-likeness (QED) is 0.794. The van der Waals surface area contributed by atoms with Gasteiger partial charge in [0.05, 0.1) is 0 Å². The summed E-state index contributed by atoms with van der Waals surface area (Å²) in [5.74, 6) is 0.764.